The number of fused-ring (bicyclic) bond motifs is 1. The molecule has 0 saturated carbocycles. The topological polar surface area (TPSA) is 100 Å². The Morgan fingerprint density at radius 2 is 1.51 bits per heavy atom. The predicted octanol–water partition coefficient (Wildman–Crippen LogP) is 7.25. The molecule has 0 aliphatic heterocycles. The number of hydrogen-bond donors (Lipinski definition) is 3. The lowest BCUT2D eigenvalue weighted by Crippen LogP contribution is -2.32. The second-order valence-electron chi connectivity index (χ2n) is 9.10. The maximum absolute atomic E-state index is 13.0. The number of thioether (sulfide) groups is 1. The lowest BCUT2D eigenvalue weighted by molar-refractivity contribution is -0.138. The number of anilines is 3. The first kappa shape index (κ1) is 27.9. The van der Waals surface area contributed by atoms with Gasteiger partial charge in [-0.05, 0) is 46.7 Å². The van der Waals surface area contributed by atoms with Gasteiger partial charge in [0.15, 0.2) is 5.82 Å². The summed E-state index contributed by atoms with van der Waals surface area (Å²) in [4.78, 5) is 25.4. The highest BCUT2D eigenvalue weighted by molar-refractivity contribution is 7.98. The zero-order chi connectivity index (χ0) is 28.8. The third-order valence-electron chi connectivity index (χ3n) is 6.11. The van der Waals surface area contributed by atoms with Crippen molar-refractivity contribution >= 4 is 46.1 Å². The fraction of sp³-hybridized carbons (Fsp3) is 0.133. The first-order valence-corrected chi connectivity index (χ1v) is 13.7. The van der Waals surface area contributed by atoms with Gasteiger partial charge in [0.05, 0.1) is 5.56 Å². The van der Waals surface area contributed by atoms with Gasteiger partial charge in [-0.15, -0.1) is 0 Å². The van der Waals surface area contributed by atoms with Crippen LogP contribution in [-0.4, -0.2) is 37.8 Å². The molecule has 5 aromatic rings. The van der Waals surface area contributed by atoms with Crippen LogP contribution in [0.2, 0.25) is 0 Å². The molecule has 0 unspecified atom stereocenters. The van der Waals surface area contributed by atoms with E-state index in [1.54, 1.807) is 0 Å². The number of aromatic nitrogens is 3. The molecule has 1 atom stereocenters. The number of carboxylic acids is 1. The molecule has 208 valence electrons. The van der Waals surface area contributed by atoms with Crippen molar-refractivity contribution in [1.29, 1.82) is 0 Å². The Hall–Kier alpha value is -4.64. The number of rotatable bonds is 10. The van der Waals surface area contributed by atoms with Crippen molar-refractivity contribution in [2.24, 2.45) is 0 Å². The molecule has 0 saturated heterocycles. The number of hydrogen-bond acceptors (Lipinski definition) is 7. The van der Waals surface area contributed by atoms with Gasteiger partial charge in [0.25, 0.3) is 0 Å². The Kier molecular flexibility index (Phi) is 8.34. The molecule has 7 nitrogen and oxygen atoms in total. The Balaban J connectivity index is 1.43. The molecule has 0 aliphatic rings. The van der Waals surface area contributed by atoms with E-state index < -0.39 is 23.8 Å². The molecule has 1 aromatic heterocycles. The molecule has 4 aromatic carbocycles. The smallest absolute Gasteiger partial charge is 0.416 e. The van der Waals surface area contributed by atoms with E-state index in [9.17, 15) is 23.1 Å². The average Bonchev–Trinajstić information content (AvgIpc) is 2.96. The molecule has 1 heterocycles. The van der Waals surface area contributed by atoms with Crippen LogP contribution in [0, 0.1) is 0 Å². The monoisotopic (exact) mass is 575 g/mol. The third-order valence-corrected chi connectivity index (χ3v) is 7.22. The Bertz CT molecular complexity index is 1650. The Morgan fingerprint density at radius 1 is 0.829 bits per heavy atom. The molecule has 0 aliphatic carbocycles. The molecule has 0 spiro atoms. The lowest BCUT2D eigenvalue weighted by atomic mass is 10.1. The quantitative estimate of drug-likeness (QED) is 0.160. The predicted molar refractivity (Wildman–Crippen MR) is 155 cm³/mol. The second-order valence-corrected chi connectivity index (χ2v) is 10.1. The van der Waals surface area contributed by atoms with Crippen LogP contribution in [0.3, 0.4) is 0 Å². The van der Waals surface area contributed by atoms with Crippen molar-refractivity contribution in [2.45, 2.75) is 18.0 Å². The molecule has 0 radical (unpaired) electrons. The van der Waals surface area contributed by atoms with E-state index >= 15 is 0 Å². The number of halogens is 3. The number of alkyl halides is 3. The van der Waals surface area contributed by atoms with Gasteiger partial charge in [-0.2, -0.15) is 39.9 Å². The van der Waals surface area contributed by atoms with Crippen LogP contribution in [0.1, 0.15) is 11.1 Å². The van der Waals surface area contributed by atoms with Gasteiger partial charge in [-0.1, -0.05) is 66.7 Å². The fourth-order valence-corrected chi connectivity index (χ4v) is 5.03. The highest BCUT2D eigenvalue weighted by Crippen LogP contribution is 2.30. The van der Waals surface area contributed by atoms with Crippen molar-refractivity contribution in [3.05, 3.63) is 108 Å². The molecule has 0 fully saturated rings. The highest BCUT2D eigenvalue weighted by atomic mass is 32.2. The molecular weight excluding hydrogens is 551 g/mol. The largest absolute Gasteiger partial charge is 0.480 e. The van der Waals surface area contributed by atoms with E-state index in [0.717, 1.165) is 28.5 Å². The van der Waals surface area contributed by atoms with E-state index in [4.69, 9.17) is 0 Å². The normalized spacial score (nSPS) is 12.2. The number of benzene rings is 4. The minimum Gasteiger partial charge on any atom is -0.480 e. The van der Waals surface area contributed by atoms with Crippen molar-refractivity contribution in [3.8, 4) is 11.4 Å². The molecule has 0 bridgehead atoms. The fourth-order valence-electron chi connectivity index (χ4n) is 4.02. The molecule has 5 rings (SSSR count). The van der Waals surface area contributed by atoms with Gasteiger partial charge < -0.3 is 15.7 Å². The van der Waals surface area contributed by atoms with Crippen LogP contribution >= 0.6 is 11.8 Å². The minimum absolute atomic E-state index is 0.0188. The van der Waals surface area contributed by atoms with Gasteiger partial charge in [-0.3, -0.25) is 0 Å². The van der Waals surface area contributed by atoms with Gasteiger partial charge >= 0.3 is 12.1 Å². The molecule has 41 heavy (non-hydrogen) atoms. The van der Waals surface area contributed by atoms with Crippen molar-refractivity contribution in [1.82, 2.24) is 15.0 Å². The van der Waals surface area contributed by atoms with Crippen LogP contribution in [-0.2, 0) is 16.7 Å². The van der Waals surface area contributed by atoms with Crippen molar-refractivity contribution in [3.63, 3.8) is 0 Å². The van der Waals surface area contributed by atoms with Crippen LogP contribution in [0.5, 0.6) is 0 Å². The zero-order valence-electron chi connectivity index (χ0n) is 21.5. The van der Waals surface area contributed by atoms with Crippen molar-refractivity contribution < 1.29 is 23.1 Å². The molecule has 0 amide bonds. The Labute approximate surface area is 237 Å². The number of nitrogens with one attached hydrogen (secondary N) is 2. The van der Waals surface area contributed by atoms with Gasteiger partial charge in [-0.25, -0.2) is 4.79 Å². The number of nitrogens with zero attached hydrogens (tertiary/aromatic N) is 3. The molecule has 3 N–H and O–H groups in total. The summed E-state index contributed by atoms with van der Waals surface area (Å²) >= 11 is 1.45. The maximum Gasteiger partial charge on any atom is 0.416 e. The first-order chi connectivity index (χ1) is 19.7. The zero-order valence-corrected chi connectivity index (χ0v) is 22.3. The summed E-state index contributed by atoms with van der Waals surface area (Å²) in [5.74, 6) is 0.131. The first-order valence-electron chi connectivity index (χ1n) is 12.6. The van der Waals surface area contributed by atoms with Crippen LogP contribution < -0.4 is 10.6 Å². The highest BCUT2D eigenvalue weighted by Gasteiger charge is 2.30. The Morgan fingerprint density at radius 3 is 2.22 bits per heavy atom. The van der Waals surface area contributed by atoms with Gasteiger partial charge in [0.2, 0.25) is 11.9 Å². The van der Waals surface area contributed by atoms with Crippen LogP contribution in [0.4, 0.5) is 30.8 Å². The number of aliphatic carboxylic acids is 1. The number of carbonyl (C=O) groups is 1. The number of carboxylic acid groups (broad SMARTS) is 1. The van der Waals surface area contributed by atoms with E-state index in [2.05, 4.69) is 25.6 Å². The SMILES string of the molecule is O=C(O)[C@H](CSCc1ccccc1)Nc1nc(Nc2ccc(C(F)(F)F)cc2)nc(-c2ccc3ccccc3c2)n1. The van der Waals surface area contributed by atoms with Gasteiger partial charge in [0, 0.05) is 22.8 Å². The van der Waals surface area contributed by atoms with E-state index in [1.807, 2.05) is 72.8 Å². The van der Waals surface area contributed by atoms with Crippen molar-refractivity contribution in [2.75, 3.05) is 16.4 Å². The van der Waals surface area contributed by atoms with E-state index in [0.29, 0.717) is 17.0 Å². The van der Waals surface area contributed by atoms with E-state index in [1.165, 1.54) is 23.9 Å². The van der Waals surface area contributed by atoms with E-state index in [-0.39, 0.29) is 23.5 Å². The second kappa shape index (κ2) is 12.3. The molecular formula is C30H24F3N5O2S. The van der Waals surface area contributed by atoms with Gasteiger partial charge in [0.1, 0.15) is 6.04 Å². The summed E-state index contributed by atoms with van der Waals surface area (Å²) in [5.41, 5.74) is 1.28. The van der Waals surface area contributed by atoms with Crippen LogP contribution in [0.25, 0.3) is 22.2 Å². The summed E-state index contributed by atoms with van der Waals surface area (Å²) in [6.07, 6.45) is -4.46. The van der Waals surface area contributed by atoms with Crippen LogP contribution in [0.15, 0.2) is 97.1 Å². The summed E-state index contributed by atoms with van der Waals surface area (Å²) in [5, 5.41) is 17.7. The minimum atomic E-state index is -4.46. The third kappa shape index (κ3) is 7.31. The standard InChI is InChI=1S/C30H24F3N5O2S/c31-30(32,33)23-12-14-24(15-13-23)34-28-36-26(22-11-10-20-8-4-5-9-21(20)16-22)37-29(38-28)35-25(27(39)40)18-41-17-19-6-2-1-3-7-19/h1-16,25H,17-18H2,(H,39,40)(H2,34,35,36,37,38)/t25-/m0/s1. The average molecular weight is 576 g/mol. The summed E-state index contributed by atoms with van der Waals surface area (Å²) in [6.45, 7) is 0. The maximum atomic E-state index is 13.0. The molecule has 11 heteroatoms. The summed E-state index contributed by atoms with van der Waals surface area (Å²) < 4.78 is 39.0. The lowest BCUT2D eigenvalue weighted by Gasteiger charge is -2.16. The summed E-state index contributed by atoms with van der Waals surface area (Å²) in [7, 11) is 0. The summed E-state index contributed by atoms with van der Waals surface area (Å²) in [6, 6.07) is 26.6.